The van der Waals surface area contributed by atoms with Gasteiger partial charge in [-0.15, -0.1) is 0 Å². The van der Waals surface area contributed by atoms with Crippen molar-refractivity contribution in [2.75, 3.05) is 0 Å². The predicted octanol–water partition coefficient (Wildman–Crippen LogP) is 3.23. The molecule has 74 valence electrons. The maximum Gasteiger partial charge on any atom is 0.263 e. The van der Waals surface area contributed by atoms with Gasteiger partial charge in [-0.25, -0.2) is 8.78 Å². The van der Waals surface area contributed by atoms with Crippen LogP contribution in [0.2, 0.25) is 0 Å². The van der Waals surface area contributed by atoms with Gasteiger partial charge >= 0.3 is 0 Å². The van der Waals surface area contributed by atoms with Crippen molar-refractivity contribution in [3.05, 3.63) is 41.0 Å². The minimum absolute atomic E-state index is 0.00842. The van der Waals surface area contributed by atoms with Gasteiger partial charge in [0.25, 0.3) is 6.43 Å². The highest BCUT2D eigenvalue weighted by Crippen LogP contribution is 2.19. The molecule has 0 N–H and O–H groups in total. The Balaban J connectivity index is 2.89. The SMILES string of the molecule is C/C(C=O)=C/c1ccc(C(F)F)cc1. The molecule has 1 aromatic carbocycles. The van der Waals surface area contributed by atoms with Crippen molar-refractivity contribution in [1.82, 2.24) is 0 Å². The minimum Gasteiger partial charge on any atom is -0.298 e. The fourth-order valence-electron chi connectivity index (χ4n) is 1.03. The molecule has 0 aromatic heterocycles. The zero-order valence-corrected chi connectivity index (χ0v) is 7.71. The minimum atomic E-state index is -2.44. The summed E-state index contributed by atoms with van der Waals surface area (Å²) in [7, 11) is 0. The van der Waals surface area contributed by atoms with Crippen LogP contribution in [0.3, 0.4) is 0 Å². The molecule has 0 heterocycles. The molecule has 0 aliphatic heterocycles. The summed E-state index contributed by atoms with van der Waals surface area (Å²) >= 11 is 0. The first-order valence-electron chi connectivity index (χ1n) is 4.15. The van der Waals surface area contributed by atoms with Gasteiger partial charge in [-0.2, -0.15) is 0 Å². The highest BCUT2D eigenvalue weighted by Gasteiger charge is 2.04. The van der Waals surface area contributed by atoms with Crippen LogP contribution in [0.25, 0.3) is 6.08 Å². The van der Waals surface area contributed by atoms with Crippen molar-refractivity contribution >= 4 is 12.4 Å². The molecule has 0 aliphatic carbocycles. The largest absolute Gasteiger partial charge is 0.298 e. The number of carbonyl (C=O) groups is 1. The quantitative estimate of drug-likeness (QED) is 0.535. The van der Waals surface area contributed by atoms with Gasteiger partial charge in [0.05, 0.1) is 0 Å². The molecule has 0 saturated carbocycles. The van der Waals surface area contributed by atoms with E-state index in [-0.39, 0.29) is 5.56 Å². The van der Waals surface area contributed by atoms with E-state index in [9.17, 15) is 13.6 Å². The second-order valence-corrected chi connectivity index (χ2v) is 2.97. The molecule has 0 radical (unpaired) electrons. The first kappa shape index (κ1) is 10.6. The molecule has 0 unspecified atom stereocenters. The Labute approximate surface area is 81.1 Å². The second kappa shape index (κ2) is 4.65. The number of halogens is 2. The van der Waals surface area contributed by atoms with E-state index in [2.05, 4.69) is 0 Å². The average Bonchev–Trinajstić information content (AvgIpc) is 2.18. The highest BCUT2D eigenvalue weighted by atomic mass is 19.3. The first-order chi connectivity index (χ1) is 6.63. The summed E-state index contributed by atoms with van der Waals surface area (Å²) in [6, 6.07) is 5.84. The normalized spacial score (nSPS) is 11.9. The first-order valence-corrected chi connectivity index (χ1v) is 4.15. The zero-order chi connectivity index (χ0) is 10.6. The van der Waals surface area contributed by atoms with E-state index in [0.717, 1.165) is 11.8 Å². The Morgan fingerprint density at radius 1 is 1.29 bits per heavy atom. The average molecular weight is 196 g/mol. The summed E-state index contributed by atoms with van der Waals surface area (Å²) in [5.74, 6) is 0. The van der Waals surface area contributed by atoms with Crippen LogP contribution in [0.4, 0.5) is 8.78 Å². The van der Waals surface area contributed by atoms with Gasteiger partial charge in [-0.05, 0) is 24.1 Å². The van der Waals surface area contributed by atoms with E-state index in [1.807, 2.05) is 0 Å². The fraction of sp³-hybridized carbons (Fsp3) is 0.182. The van der Waals surface area contributed by atoms with Gasteiger partial charge in [0.15, 0.2) is 0 Å². The van der Waals surface area contributed by atoms with E-state index < -0.39 is 6.43 Å². The topological polar surface area (TPSA) is 17.1 Å². The number of alkyl halides is 2. The number of allylic oxidation sites excluding steroid dienone is 1. The van der Waals surface area contributed by atoms with E-state index in [4.69, 9.17) is 0 Å². The Hall–Kier alpha value is -1.51. The maximum absolute atomic E-state index is 12.2. The van der Waals surface area contributed by atoms with Crippen LogP contribution in [0.15, 0.2) is 29.8 Å². The van der Waals surface area contributed by atoms with Crippen molar-refractivity contribution < 1.29 is 13.6 Å². The smallest absolute Gasteiger partial charge is 0.263 e. The lowest BCUT2D eigenvalue weighted by molar-refractivity contribution is -0.104. The monoisotopic (exact) mass is 196 g/mol. The third-order valence-electron chi connectivity index (χ3n) is 1.77. The third kappa shape index (κ3) is 2.76. The van der Waals surface area contributed by atoms with Gasteiger partial charge in [-0.3, -0.25) is 4.79 Å². The zero-order valence-electron chi connectivity index (χ0n) is 7.71. The van der Waals surface area contributed by atoms with Gasteiger partial charge < -0.3 is 0 Å². The molecule has 0 bridgehead atoms. The van der Waals surface area contributed by atoms with Crippen LogP contribution in [0, 0.1) is 0 Å². The summed E-state index contributed by atoms with van der Waals surface area (Å²) < 4.78 is 24.3. The Morgan fingerprint density at radius 3 is 2.29 bits per heavy atom. The molecule has 0 saturated heterocycles. The summed E-state index contributed by atoms with van der Waals surface area (Å²) in [4.78, 5) is 10.3. The van der Waals surface area contributed by atoms with Gasteiger partial charge in [-0.1, -0.05) is 24.3 Å². The number of hydrogen-bond donors (Lipinski definition) is 0. The lowest BCUT2D eigenvalue weighted by atomic mass is 10.1. The molecule has 0 aliphatic rings. The van der Waals surface area contributed by atoms with Crippen LogP contribution in [-0.4, -0.2) is 6.29 Å². The Bertz CT molecular complexity index is 339. The van der Waals surface area contributed by atoms with Crippen LogP contribution >= 0.6 is 0 Å². The summed E-state index contributed by atoms with van der Waals surface area (Å²) in [5, 5.41) is 0. The number of benzene rings is 1. The van der Waals surface area contributed by atoms with E-state index in [1.54, 1.807) is 25.1 Å². The summed E-state index contributed by atoms with van der Waals surface area (Å²) in [5.41, 5.74) is 1.31. The lowest BCUT2D eigenvalue weighted by Crippen LogP contribution is -1.84. The van der Waals surface area contributed by atoms with Crippen LogP contribution in [0.5, 0.6) is 0 Å². The standard InChI is InChI=1S/C11H10F2O/c1-8(7-14)6-9-2-4-10(5-3-9)11(12)13/h2-7,11H,1H3/b8-6-. The number of carbonyl (C=O) groups excluding carboxylic acids is 1. The van der Waals surface area contributed by atoms with E-state index >= 15 is 0 Å². The van der Waals surface area contributed by atoms with Gasteiger partial charge in [0, 0.05) is 5.56 Å². The van der Waals surface area contributed by atoms with Crippen molar-refractivity contribution in [1.29, 1.82) is 0 Å². The Morgan fingerprint density at radius 2 is 1.86 bits per heavy atom. The summed E-state index contributed by atoms with van der Waals surface area (Å²) in [6.45, 7) is 1.66. The molecule has 0 fully saturated rings. The van der Waals surface area contributed by atoms with Crippen molar-refractivity contribution in [2.24, 2.45) is 0 Å². The Kier molecular flexibility index (Phi) is 3.51. The molecule has 3 heteroatoms. The molecule has 0 atom stereocenters. The van der Waals surface area contributed by atoms with Crippen molar-refractivity contribution in [3.8, 4) is 0 Å². The van der Waals surface area contributed by atoms with Crippen LogP contribution in [0.1, 0.15) is 24.5 Å². The van der Waals surface area contributed by atoms with Gasteiger partial charge in [0.2, 0.25) is 0 Å². The molecule has 1 nitrogen and oxygen atoms in total. The van der Waals surface area contributed by atoms with E-state index in [0.29, 0.717) is 5.57 Å². The second-order valence-electron chi connectivity index (χ2n) is 2.97. The van der Waals surface area contributed by atoms with Crippen molar-refractivity contribution in [2.45, 2.75) is 13.3 Å². The molecular formula is C11H10F2O. The molecule has 14 heavy (non-hydrogen) atoms. The van der Waals surface area contributed by atoms with Crippen LogP contribution < -0.4 is 0 Å². The molecule has 0 amide bonds. The summed E-state index contributed by atoms with van der Waals surface area (Å²) in [6.07, 6.45) is -0.0799. The lowest BCUT2D eigenvalue weighted by Gasteiger charge is -1.99. The number of hydrogen-bond acceptors (Lipinski definition) is 1. The van der Waals surface area contributed by atoms with Gasteiger partial charge in [0.1, 0.15) is 6.29 Å². The fourth-order valence-corrected chi connectivity index (χ4v) is 1.03. The van der Waals surface area contributed by atoms with Crippen LogP contribution in [-0.2, 0) is 4.79 Å². The molecule has 0 spiro atoms. The van der Waals surface area contributed by atoms with E-state index in [1.165, 1.54) is 12.1 Å². The molecular weight excluding hydrogens is 186 g/mol. The number of aldehydes is 1. The highest BCUT2D eigenvalue weighted by molar-refractivity contribution is 5.80. The molecule has 1 aromatic rings. The van der Waals surface area contributed by atoms with Crippen molar-refractivity contribution in [3.63, 3.8) is 0 Å². The third-order valence-corrected chi connectivity index (χ3v) is 1.77. The molecule has 1 rings (SSSR count). The predicted molar refractivity (Wildman–Crippen MR) is 51.1 cm³/mol. The number of rotatable bonds is 3. The maximum atomic E-state index is 12.2.